The van der Waals surface area contributed by atoms with Crippen LogP contribution in [0.5, 0.6) is 0 Å². The van der Waals surface area contributed by atoms with Gasteiger partial charge in [-0.15, -0.1) is 0 Å². The maximum Gasteiger partial charge on any atom is 0.306 e. The van der Waals surface area contributed by atoms with Crippen LogP contribution in [0.1, 0.15) is 82.7 Å². The van der Waals surface area contributed by atoms with E-state index in [0.717, 1.165) is 43.6 Å². The van der Waals surface area contributed by atoms with Crippen molar-refractivity contribution in [1.82, 2.24) is 0 Å². The minimum Gasteiger partial charge on any atom is -0.466 e. The van der Waals surface area contributed by atoms with Crippen LogP contribution >= 0.6 is 0 Å². The number of aliphatic hydroxyl groups excluding tert-OH is 2. The van der Waals surface area contributed by atoms with Crippen LogP contribution in [0.3, 0.4) is 0 Å². The number of carbonyl (C=O) groups is 1. The molecule has 0 bridgehead atoms. The van der Waals surface area contributed by atoms with Gasteiger partial charge in [0.1, 0.15) is 17.1 Å². The lowest BCUT2D eigenvalue weighted by atomic mass is 9.44. The van der Waals surface area contributed by atoms with Gasteiger partial charge < -0.3 is 19.4 Å². The molecule has 6 rings (SSSR count). The van der Waals surface area contributed by atoms with Gasteiger partial charge in [-0.05, 0) is 87.2 Å². The van der Waals surface area contributed by atoms with Crippen LogP contribution in [-0.2, 0) is 9.53 Å². The zero-order chi connectivity index (χ0) is 22.5. The molecule has 0 amide bonds. The highest BCUT2D eigenvalue weighted by Crippen LogP contribution is 2.71. The quantitative estimate of drug-likeness (QED) is 0.491. The van der Waals surface area contributed by atoms with Crippen LogP contribution in [0.2, 0.25) is 0 Å². The largest absolute Gasteiger partial charge is 0.466 e. The van der Waals surface area contributed by atoms with Crippen molar-refractivity contribution in [2.45, 2.75) is 95.9 Å². The van der Waals surface area contributed by atoms with E-state index >= 15 is 0 Å². The van der Waals surface area contributed by atoms with Crippen molar-refractivity contribution >= 4 is 5.97 Å². The normalized spacial score (nSPS) is 49.9. The smallest absolute Gasteiger partial charge is 0.306 e. The first-order valence-corrected chi connectivity index (χ1v) is 12.5. The molecule has 0 radical (unpaired) electrons. The van der Waals surface area contributed by atoms with Crippen molar-refractivity contribution in [2.75, 3.05) is 0 Å². The number of rotatable bonds is 1. The van der Waals surface area contributed by atoms with Crippen LogP contribution in [0.4, 0.5) is 0 Å². The van der Waals surface area contributed by atoms with Gasteiger partial charge in [0.2, 0.25) is 0 Å². The Hall–Kier alpha value is -1.59. The number of hydrogen-bond donors (Lipinski definition) is 2. The average molecular weight is 441 g/mol. The van der Waals surface area contributed by atoms with Gasteiger partial charge in [0, 0.05) is 17.8 Å². The zero-order valence-corrected chi connectivity index (χ0v) is 19.5. The van der Waals surface area contributed by atoms with E-state index in [4.69, 9.17) is 9.15 Å². The van der Waals surface area contributed by atoms with Crippen LogP contribution < -0.4 is 0 Å². The van der Waals surface area contributed by atoms with E-state index in [2.05, 4.69) is 26.0 Å². The van der Waals surface area contributed by atoms with Crippen molar-refractivity contribution in [1.29, 1.82) is 0 Å². The van der Waals surface area contributed by atoms with E-state index in [-0.39, 0.29) is 40.7 Å². The number of allylic oxidation sites excluding steroid dienone is 1. The summed E-state index contributed by atoms with van der Waals surface area (Å²) in [7, 11) is 0. The average Bonchev–Trinajstić information content (AvgIpc) is 3.40. The second-order valence-electron chi connectivity index (χ2n) is 11.9. The molecular formula is C27H36O5. The Morgan fingerprint density at radius 1 is 1.09 bits per heavy atom. The molecule has 2 heterocycles. The third kappa shape index (κ3) is 2.61. The molecule has 1 aromatic rings. The monoisotopic (exact) mass is 440 g/mol. The van der Waals surface area contributed by atoms with Gasteiger partial charge in [-0.3, -0.25) is 4.79 Å². The lowest BCUT2D eigenvalue weighted by Crippen LogP contribution is -2.60. The van der Waals surface area contributed by atoms with Crippen LogP contribution in [0.15, 0.2) is 28.2 Å². The van der Waals surface area contributed by atoms with Crippen LogP contribution in [-0.4, -0.2) is 34.0 Å². The third-order valence-electron chi connectivity index (χ3n) is 10.5. The summed E-state index contributed by atoms with van der Waals surface area (Å²) >= 11 is 0. The molecule has 5 heteroatoms. The number of ether oxygens (including phenoxy) is 1. The molecule has 2 N–H and O–H groups in total. The summed E-state index contributed by atoms with van der Waals surface area (Å²) in [5.41, 5.74) is 0.525. The number of esters is 1. The summed E-state index contributed by atoms with van der Waals surface area (Å²) in [6.45, 7) is 6.57. The maximum atomic E-state index is 12.2. The standard InChI is InChI=1S/C27H36O5/c1-15-4-5-21(31-15)18-13-16-12-17(28)6-9-25(16,2)24-20(29)14-26(3)19(23(18)24)7-10-27(26)11-8-22(30)32-27/h4-5,13,17-20,23-24,28-29H,6-12,14H2,1-3H3/t17-,18-,19-,20+,23-,24?,25-,26-,27+/m0/s1. The molecule has 1 aromatic heterocycles. The molecule has 4 fully saturated rings. The van der Waals surface area contributed by atoms with Crippen molar-refractivity contribution in [3.8, 4) is 0 Å². The lowest BCUT2D eigenvalue weighted by molar-refractivity contribution is -0.185. The first kappa shape index (κ1) is 21.0. The van der Waals surface area contributed by atoms with Crippen molar-refractivity contribution in [2.24, 2.45) is 28.6 Å². The molecule has 32 heavy (non-hydrogen) atoms. The highest BCUT2D eigenvalue weighted by Gasteiger charge is 2.70. The van der Waals surface area contributed by atoms with Crippen LogP contribution in [0, 0.1) is 35.5 Å². The summed E-state index contributed by atoms with van der Waals surface area (Å²) in [5, 5.41) is 22.3. The molecule has 4 aliphatic carbocycles. The predicted molar refractivity (Wildman–Crippen MR) is 119 cm³/mol. The number of hydrogen-bond acceptors (Lipinski definition) is 5. The molecule has 3 saturated carbocycles. The molecule has 1 spiro atoms. The summed E-state index contributed by atoms with van der Waals surface area (Å²) in [6.07, 6.45) is 7.87. The van der Waals surface area contributed by atoms with E-state index in [1.807, 2.05) is 13.0 Å². The van der Waals surface area contributed by atoms with E-state index in [0.29, 0.717) is 25.2 Å². The predicted octanol–water partition coefficient (Wildman–Crippen LogP) is 4.65. The highest BCUT2D eigenvalue weighted by molar-refractivity contribution is 5.72. The Bertz CT molecular complexity index is 978. The van der Waals surface area contributed by atoms with E-state index in [1.165, 1.54) is 5.57 Å². The van der Waals surface area contributed by atoms with E-state index in [1.54, 1.807) is 0 Å². The van der Waals surface area contributed by atoms with Crippen molar-refractivity contribution in [3.63, 3.8) is 0 Å². The Balaban J connectivity index is 1.50. The second-order valence-corrected chi connectivity index (χ2v) is 11.9. The first-order valence-electron chi connectivity index (χ1n) is 12.5. The zero-order valence-electron chi connectivity index (χ0n) is 19.5. The topological polar surface area (TPSA) is 79.9 Å². The molecular weight excluding hydrogens is 404 g/mol. The summed E-state index contributed by atoms with van der Waals surface area (Å²) < 4.78 is 12.3. The number of carbonyl (C=O) groups excluding carboxylic acids is 1. The van der Waals surface area contributed by atoms with Crippen LogP contribution in [0.25, 0.3) is 0 Å². The molecule has 0 aromatic carbocycles. The fraction of sp³-hybridized carbons (Fsp3) is 0.741. The fourth-order valence-corrected chi connectivity index (χ4v) is 8.97. The van der Waals surface area contributed by atoms with Gasteiger partial charge in [-0.2, -0.15) is 0 Å². The number of furan rings is 1. The summed E-state index contributed by atoms with van der Waals surface area (Å²) in [5.74, 6) is 2.58. The molecule has 5 aliphatic rings. The molecule has 1 saturated heterocycles. The van der Waals surface area contributed by atoms with Gasteiger partial charge in [0.25, 0.3) is 0 Å². The lowest BCUT2D eigenvalue weighted by Gasteiger charge is -2.62. The molecule has 174 valence electrons. The highest BCUT2D eigenvalue weighted by atomic mass is 16.6. The molecule has 1 aliphatic heterocycles. The van der Waals surface area contributed by atoms with Gasteiger partial charge in [-0.1, -0.05) is 25.5 Å². The molecule has 1 unspecified atom stereocenters. The Kier molecular flexibility index (Phi) is 4.41. The van der Waals surface area contributed by atoms with Gasteiger partial charge >= 0.3 is 5.97 Å². The van der Waals surface area contributed by atoms with Gasteiger partial charge in [0.05, 0.1) is 12.2 Å². The molecule has 9 atom stereocenters. The van der Waals surface area contributed by atoms with Crippen molar-refractivity contribution < 1.29 is 24.2 Å². The maximum absolute atomic E-state index is 12.2. The van der Waals surface area contributed by atoms with E-state index in [9.17, 15) is 15.0 Å². The van der Waals surface area contributed by atoms with Gasteiger partial charge in [-0.25, -0.2) is 0 Å². The Labute approximate surface area is 190 Å². The second kappa shape index (κ2) is 6.73. The van der Waals surface area contributed by atoms with E-state index < -0.39 is 11.7 Å². The number of fused-ring (bicyclic) bond motifs is 6. The van der Waals surface area contributed by atoms with Gasteiger partial charge in [0.15, 0.2) is 0 Å². The van der Waals surface area contributed by atoms with Crippen molar-refractivity contribution in [3.05, 3.63) is 35.3 Å². The number of aliphatic hydroxyl groups is 2. The Morgan fingerprint density at radius 2 is 1.91 bits per heavy atom. The minimum atomic E-state index is -0.460. The first-order chi connectivity index (χ1) is 15.2. The number of aryl methyl sites for hydroxylation is 1. The third-order valence-corrected chi connectivity index (χ3v) is 10.5. The summed E-state index contributed by atoms with van der Waals surface area (Å²) in [6, 6.07) is 4.12. The summed E-state index contributed by atoms with van der Waals surface area (Å²) in [4.78, 5) is 12.2. The fourth-order valence-electron chi connectivity index (χ4n) is 8.97. The minimum absolute atomic E-state index is 0.0774. The molecule has 5 nitrogen and oxygen atoms in total. The SMILES string of the molecule is Cc1ccc([C@@H]2C=C3C[C@@H](O)CC[C@]3(C)C3[C@@H]2[C@@H]2CC[C@@]4(CCC(=O)O4)[C@@]2(C)C[C@H]3O)o1. The Morgan fingerprint density at radius 3 is 2.59 bits per heavy atom.